The van der Waals surface area contributed by atoms with E-state index in [4.69, 9.17) is 9.84 Å². The SMILES string of the molecule is COC(=O)c1ccc(Cn2c3c(c4cc(F)ccc42)C(=O)N(CCN(C)CCO)CC3)cc1. The number of amides is 1. The molecule has 0 fully saturated rings. The van der Waals surface area contributed by atoms with Gasteiger partial charge in [-0.25, -0.2) is 9.18 Å². The number of hydrogen-bond donors (Lipinski definition) is 1. The van der Waals surface area contributed by atoms with E-state index in [1.165, 1.54) is 19.2 Å². The van der Waals surface area contributed by atoms with Gasteiger partial charge in [0.05, 0.1) is 24.8 Å². The Bertz CT molecular complexity index is 1170. The summed E-state index contributed by atoms with van der Waals surface area (Å²) in [5.41, 5.74) is 3.71. The van der Waals surface area contributed by atoms with Crippen LogP contribution in [0.4, 0.5) is 4.39 Å². The molecule has 2 aromatic carbocycles. The van der Waals surface area contributed by atoms with Gasteiger partial charge in [0, 0.05) is 55.7 Å². The van der Waals surface area contributed by atoms with Crippen LogP contribution in [-0.4, -0.2) is 78.3 Å². The number of likely N-dealkylation sites (N-methyl/N-ethyl adjacent to an activating group) is 1. The number of aromatic nitrogens is 1. The zero-order chi connectivity index (χ0) is 23.5. The van der Waals surface area contributed by atoms with Gasteiger partial charge in [-0.15, -0.1) is 0 Å². The number of fused-ring (bicyclic) bond motifs is 3. The highest BCUT2D eigenvalue weighted by atomic mass is 19.1. The average molecular weight is 454 g/mol. The minimum Gasteiger partial charge on any atom is -0.465 e. The summed E-state index contributed by atoms with van der Waals surface area (Å²) in [7, 11) is 3.25. The van der Waals surface area contributed by atoms with Crippen LogP contribution in [-0.2, 0) is 17.7 Å². The van der Waals surface area contributed by atoms with Crippen molar-refractivity contribution in [2.75, 3.05) is 46.9 Å². The zero-order valence-corrected chi connectivity index (χ0v) is 18.9. The molecule has 8 heteroatoms. The van der Waals surface area contributed by atoms with E-state index in [1.807, 2.05) is 24.1 Å². The van der Waals surface area contributed by atoms with Crippen molar-refractivity contribution in [3.63, 3.8) is 0 Å². The predicted octanol–water partition coefficient (Wildman–Crippen LogP) is 2.54. The number of aliphatic hydroxyl groups excluding tert-OH is 1. The Labute approximate surface area is 192 Å². The first kappa shape index (κ1) is 22.9. The van der Waals surface area contributed by atoms with Crippen molar-refractivity contribution in [2.24, 2.45) is 0 Å². The summed E-state index contributed by atoms with van der Waals surface area (Å²) in [6, 6.07) is 11.7. The molecule has 3 aromatic rings. The number of ether oxygens (including phenoxy) is 1. The molecule has 0 aliphatic carbocycles. The van der Waals surface area contributed by atoms with Gasteiger partial charge < -0.3 is 24.2 Å². The summed E-state index contributed by atoms with van der Waals surface area (Å²) >= 11 is 0. The fraction of sp³-hybridized carbons (Fsp3) is 0.360. The molecule has 33 heavy (non-hydrogen) atoms. The largest absolute Gasteiger partial charge is 0.465 e. The standard InChI is InChI=1S/C25H28FN3O4/c1-27(13-14-30)11-12-28-10-9-22-23(24(28)31)20-15-19(26)7-8-21(20)29(22)16-17-3-5-18(6-4-17)25(32)33-2/h3-8,15,30H,9-14,16H2,1-2H3. The van der Waals surface area contributed by atoms with E-state index < -0.39 is 5.97 Å². The number of carbonyl (C=O) groups is 2. The van der Waals surface area contributed by atoms with E-state index in [-0.39, 0.29) is 18.3 Å². The molecule has 174 valence electrons. The van der Waals surface area contributed by atoms with Crippen LogP contribution in [0.3, 0.4) is 0 Å². The van der Waals surface area contributed by atoms with Crippen molar-refractivity contribution in [3.8, 4) is 0 Å². The maximum Gasteiger partial charge on any atom is 0.337 e. The van der Waals surface area contributed by atoms with Crippen molar-refractivity contribution >= 4 is 22.8 Å². The van der Waals surface area contributed by atoms with Gasteiger partial charge in [0.2, 0.25) is 0 Å². The summed E-state index contributed by atoms with van der Waals surface area (Å²) in [6.07, 6.45) is 0.668. The van der Waals surface area contributed by atoms with Crippen LogP contribution < -0.4 is 0 Å². The summed E-state index contributed by atoms with van der Waals surface area (Å²) < 4.78 is 21.0. The van der Waals surface area contributed by atoms with Crippen LogP contribution in [0.25, 0.3) is 10.9 Å². The third-order valence-corrected chi connectivity index (χ3v) is 6.20. The molecule has 1 N–H and O–H groups in total. The second kappa shape index (κ2) is 9.72. The van der Waals surface area contributed by atoms with Crippen LogP contribution in [0.15, 0.2) is 42.5 Å². The molecule has 1 aliphatic rings. The maximum absolute atomic E-state index is 14.2. The highest BCUT2D eigenvalue weighted by Gasteiger charge is 2.31. The van der Waals surface area contributed by atoms with Crippen LogP contribution in [0, 0.1) is 5.82 Å². The molecule has 0 atom stereocenters. The molecule has 0 unspecified atom stereocenters. The first-order valence-corrected chi connectivity index (χ1v) is 11.0. The fourth-order valence-corrected chi connectivity index (χ4v) is 4.39. The lowest BCUT2D eigenvalue weighted by Crippen LogP contribution is -2.42. The number of halogens is 1. The Kier molecular flexibility index (Phi) is 6.76. The lowest BCUT2D eigenvalue weighted by atomic mass is 10.0. The third kappa shape index (κ3) is 4.62. The molecular weight excluding hydrogens is 425 g/mol. The van der Waals surface area contributed by atoms with Gasteiger partial charge >= 0.3 is 5.97 Å². The summed E-state index contributed by atoms with van der Waals surface area (Å²) in [6.45, 7) is 2.91. The second-order valence-electron chi connectivity index (χ2n) is 8.33. The Morgan fingerprint density at radius 3 is 2.64 bits per heavy atom. The second-order valence-corrected chi connectivity index (χ2v) is 8.33. The smallest absolute Gasteiger partial charge is 0.337 e. The minimum atomic E-state index is -0.392. The lowest BCUT2D eigenvalue weighted by molar-refractivity contribution is 0.0600. The van der Waals surface area contributed by atoms with E-state index in [0.717, 1.165) is 16.8 Å². The van der Waals surface area contributed by atoms with E-state index in [1.54, 1.807) is 23.1 Å². The van der Waals surface area contributed by atoms with Crippen molar-refractivity contribution in [1.29, 1.82) is 0 Å². The van der Waals surface area contributed by atoms with E-state index in [9.17, 15) is 14.0 Å². The maximum atomic E-state index is 14.2. The molecular formula is C25H28FN3O4. The van der Waals surface area contributed by atoms with Gasteiger partial charge in [-0.05, 0) is 42.9 Å². The summed E-state index contributed by atoms with van der Waals surface area (Å²) in [5, 5.41) is 9.72. The number of benzene rings is 2. The Hall–Kier alpha value is -3.23. The molecule has 1 aliphatic heterocycles. The minimum absolute atomic E-state index is 0.0714. The average Bonchev–Trinajstić information content (AvgIpc) is 3.12. The van der Waals surface area contributed by atoms with E-state index >= 15 is 0 Å². The molecule has 0 saturated heterocycles. The molecule has 0 radical (unpaired) electrons. The van der Waals surface area contributed by atoms with Crippen LogP contribution >= 0.6 is 0 Å². The molecule has 0 spiro atoms. The number of nitrogens with zero attached hydrogens (tertiary/aromatic N) is 3. The van der Waals surface area contributed by atoms with Crippen molar-refractivity contribution in [3.05, 3.63) is 70.7 Å². The number of methoxy groups -OCH3 is 1. The molecule has 0 bridgehead atoms. The monoisotopic (exact) mass is 453 g/mol. The Morgan fingerprint density at radius 1 is 1.18 bits per heavy atom. The predicted molar refractivity (Wildman–Crippen MR) is 123 cm³/mol. The first-order chi connectivity index (χ1) is 15.9. The van der Waals surface area contributed by atoms with Gasteiger partial charge in [-0.1, -0.05) is 12.1 Å². The van der Waals surface area contributed by atoms with Crippen LogP contribution in [0.2, 0.25) is 0 Å². The topological polar surface area (TPSA) is 75.0 Å². The number of aliphatic hydroxyl groups is 1. The number of carbonyl (C=O) groups excluding carboxylic acids is 2. The summed E-state index contributed by atoms with van der Waals surface area (Å²) in [5.74, 6) is -0.863. The van der Waals surface area contributed by atoms with Gasteiger partial charge in [0.15, 0.2) is 0 Å². The van der Waals surface area contributed by atoms with Crippen molar-refractivity contribution in [2.45, 2.75) is 13.0 Å². The highest BCUT2D eigenvalue weighted by molar-refractivity contribution is 6.09. The highest BCUT2D eigenvalue weighted by Crippen LogP contribution is 2.32. The summed E-state index contributed by atoms with van der Waals surface area (Å²) in [4.78, 5) is 28.9. The fourth-order valence-electron chi connectivity index (χ4n) is 4.39. The molecule has 4 rings (SSSR count). The van der Waals surface area contributed by atoms with E-state index in [2.05, 4.69) is 4.57 Å². The molecule has 1 aromatic heterocycles. The Balaban J connectivity index is 1.66. The quantitative estimate of drug-likeness (QED) is 0.531. The normalized spacial score (nSPS) is 13.6. The van der Waals surface area contributed by atoms with Gasteiger partial charge in [-0.3, -0.25) is 4.79 Å². The van der Waals surface area contributed by atoms with Crippen LogP contribution in [0.5, 0.6) is 0 Å². The third-order valence-electron chi connectivity index (χ3n) is 6.20. The molecule has 1 amide bonds. The van der Waals surface area contributed by atoms with Crippen molar-refractivity contribution < 1.29 is 23.8 Å². The molecule has 2 heterocycles. The van der Waals surface area contributed by atoms with Gasteiger partial charge in [0.25, 0.3) is 5.91 Å². The lowest BCUT2D eigenvalue weighted by Gasteiger charge is -2.29. The van der Waals surface area contributed by atoms with Crippen LogP contribution in [0.1, 0.15) is 32.0 Å². The molecule has 0 saturated carbocycles. The van der Waals surface area contributed by atoms with Gasteiger partial charge in [-0.2, -0.15) is 0 Å². The zero-order valence-electron chi connectivity index (χ0n) is 18.9. The number of rotatable bonds is 8. The molecule has 7 nitrogen and oxygen atoms in total. The van der Waals surface area contributed by atoms with Gasteiger partial charge in [0.1, 0.15) is 5.82 Å². The number of esters is 1. The van der Waals surface area contributed by atoms with Crippen molar-refractivity contribution in [1.82, 2.24) is 14.4 Å². The first-order valence-electron chi connectivity index (χ1n) is 11.0. The Morgan fingerprint density at radius 2 is 1.94 bits per heavy atom. The van der Waals surface area contributed by atoms with E-state index in [0.29, 0.717) is 55.7 Å². The number of hydrogen-bond acceptors (Lipinski definition) is 5.